The first-order chi connectivity index (χ1) is 9.47. The van der Waals surface area contributed by atoms with Crippen molar-refractivity contribution < 1.29 is 14.1 Å². The van der Waals surface area contributed by atoms with Crippen LogP contribution in [0.5, 0.6) is 0 Å². The third-order valence-electron chi connectivity index (χ3n) is 2.32. The van der Waals surface area contributed by atoms with Gasteiger partial charge in [0.1, 0.15) is 17.2 Å². The summed E-state index contributed by atoms with van der Waals surface area (Å²) in [5, 5.41) is 18.4. The van der Waals surface area contributed by atoms with Crippen molar-refractivity contribution in [2.24, 2.45) is 0 Å². The lowest BCUT2D eigenvalue weighted by atomic mass is 10.2. The molecule has 20 heavy (non-hydrogen) atoms. The molecule has 2 rings (SSSR count). The fraction of sp³-hybridized carbons (Fsp3) is 0. The number of nitrogens with one attached hydrogen (secondary N) is 2. The molecule has 1 heterocycles. The summed E-state index contributed by atoms with van der Waals surface area (Å²) in [6, 6.07) is 4.88. The molecule has 1 aromatic heterocycles. The van der Waals surface area contributed by atoms with Gasteiger partial charge in [0.15, 0.2) is 0 Å². The average Bonchev–Trinajstić information content (AvgIpc) is 2.39. The van der Waals surface area contributed by atoms with E-state index in [1.165, 1.54) is 0 Å². The smallest absolute Gasteiger partial charge is 0.292 e. The summed E-state index contributed by atoms with van der Waals surface area (Å²) in [6.07, 6.45) is 0. The number of hydrogen-bond acceptors (Lipinski definition) is 5. The first-order valence-corrected chi connectivity index (χ1v) is 5.28. The molecule has 1 aromatic carbocycles. The highest BCUT2D eigenvalue weighted by atomic mass is 19.1. The van der Waals surface area contributed by atoms with E-state index in [0.29, 0.717) is 0 Å². The molecular formula is C11H7FN4O4. The zero-order valence-corrected chi connectivity index (χ0v) is 9.79. The van der Waals surface area contributed by atoms with Gasteiger partial charge in [0.2, 0.25) is 0 Å². The molecule has 8 nitrogen and oxygen atoms in total. The highest BCUT2D eigenvalue weighted by Crippen LogP contribution is 2.25. The van der Waals surface area contributed by atoms with Crippen LogP contribution in [0.15, 0.2) is 35.1 Å². The maximum Gasteiger partial charge on any atom is 0.292 e. The number of rotatable bonds is 3. The molecule has 0 saturated carbocycles. The van der Waals surface area contributed by atoms with Crippen LogP contribution in [0.1, 0.15) is 10.5 Å². The number of aromatic nitrogens is 2. The largest absolute Gasteiger partial charge is 0.315 e. The molecule has 0 aliphatic heterocycles. The molecule has 2 N–H and O–H groups in total. The van der Waals surface area contributed by atoms with E-state index in [9.17, 15) is 24.1 Å². The van der Waals surface area contributed by atoms with Crippen LogP contribution in [0, 0.1) is 15.9 Å². The van der Waals surface area contributed by atoms with Gasteiger partial charge in [-0.15, -0.1) is 0 Å². The maximum atomic E-state index is 13.1. The van der Waals surface area contributed by atoms with Gasteiger partial charge in [0.05, 0.1) is 4.92 Å². The van der Waals surface area contributed by atoms with Crippen molar-refractivity contribution >= 4 is 17.3 Å². The Labute approximate surface area is 110 Å². The lowest BCUT2D eigenvalue weighted by Gasteiger charge is -2.05. The van der Waals surface area contributed by atoms with Crippen LogP contribution in [0.2, 0.25) is 0 Å². The monoisotopic (exact) mass is 278 g/mol. The number of benzene rings is 1. The molecule has 2 aromatic rings. The topological polar surface area (TPSA) is 118 Å². The lowest BCUT2D eigenvalue weighted by molar-refractivity contribution is -0.384. The Bertz CT molecular complexity index is 723. The summed E-state index contributed by atoms with van der Waals surface area (Å²) in [7, 11) is 0. The van der Waals surface area contributed by atoms with Gasteiger partial charge in [-0.25, -0.2) is 9.49 Å². The highest BCUT2D eigenvalue weighted by Gasteiger charge is 2.18. The summed E-state index contributed by atoms with van der Waals surface area (Å²) < 4.78 is 13.1. The van der Waals surface area contributed by atoms with E-state index < -0.39 is 27.9 Å². The van der Waals surface area contributed by atoms with Crippen molar-refractivity contribution in [3.8, 4) is 0 Å². The third-order valence-corrected chi connectivity index (χ3v) is 2.32. The second-order valence-electron chi connectivity index (χ2n) is 3.68. The van der Waals surface area contributed by atoms with Crippen LogP contribution in [-0.4, -0.2) is 21.0 Å². The van der Waals surface area contributed by atoms with Gasteiger partial charge in [-0.3, -0.25) is 19.7 Å². The van der Waals surface area contributed by atoms with E-state index in [-0.39, 0.29) is 11.4 Å². The van der Waals surface area contributed by atoms with Crippen molar-refractivity contribution in [3.63, 3.8) is 0 Å². The minimum Gasteiger partial charge on any atom is -0.315 e. The van der Waals surface area contributed by atoms with Gasteiger partial charge >= 0.3 is 0 Å². The number of halogens is 1. The normalized spacial score (nSPS) is 10.1. The van der Waals surface area contributed by atoms with Crippen LogP contribution in [-0.2, 0) is 0 Å². The lowest BCUT2D eigenvalue weighted by Crippen LogP contribution is -2.18. The number of amides is 1. The fourth-order valence-corrected chi connectivity index (χ4v) is 1.42. The molecule has 0 aliphatic rings. The Morgan fingerprint density at radius 2 is 2.10 bits per heavy atom. The Hall–Kier alpha value is -3.10. The second kappa shape index (κ2) is 5.26. The van der Waals surface area contributed by atoms with Gasteiger partial charge < -0.3 is 5.32 Å². The number of aromatic amines is 1. The summed E-state index contributed by atoms with van der Waals surface area (Å²) >= 11 is 0. The third kappa shape index (κ3) is 2.83. The SMILES string of the molecule is O=C(Nc1cc(F)ccc1[N+](=O)[O-])c1ccc(=O)[nH]n1. The van der Waals surface area contributed by atoms with Crippen LogP contribution in [0.3, 0.4) is 0 Å². The molecule has 0 spiro atoms. The number of nitro groups is 1. The molecule has 0 atom stereocenters. The molecule has 1 amide bonds. The predicted octanol–water partition coefficient (Wildman–Crippen LogP) is 1.07. The minimum absolute atomic E-state index is 0.164. The molecule has 102 valence electrons. The predicted molar refractivity (Wildman–Crippen MR) is 65.9 cm³/mol. The first kappa shape index (κ1) is 13.3. The van der Waals surface area contributed by atoms with Gasteiger partial charge in [-0.2, -0.15) is 5.10 Å². The van der Waals surface area contributed by atoms with Crippen LogP contribution in [0.25, 0.3) is 0 Å². The maximum absolute atomic E-state index is 13.1. The van der Waals surface area contributed by atoms with Gasteiger partial charge in [-0.1, -0.05) is 0 Å². The number of nitro benzene ring substituents is 1. The van der Waals surface area contributed by atoms with Crippen LogP contribution < -0.4 is 10.9 Å². The molecule has 0 radical (unpaired) electrons. The van der Waals surface area contributed by atoms with Crippen molar-refractivity contribution in [2.45, 2.75) is 0 Å². The molecular weight excluding hydrogens is 271 g/mol. The number of H-pyrrole nitrogens is 1. The number of nitrogens with zero attached hydrogens (tertiary/aromatic N) is 2. The number of carbonyl (C=O) groups is 1. The average molecular weight is 278 g/mol. The Morgan fingerprint density at radius 3 is 2.70 bits per heavy atom. The molecule has 9 heteroatoms. The van der Waals surface area contributed by atoms with Gasteiger partial charge in [0.25, 0.3) is 17.2 Å². The van der Waals surface area contributed by atoms with Crippen molar-refractivity contribution in [2.75, 3.05) is 5.32 Å². The van der Waals surface area contributed by atoms with E-state index in [2.05, 4.69) is 10.4 Å². The van der Waals surface area contributed by atoms with Crippen molar-refractivity contribution in [1.29, 1.82) is 0 Å². The zero-order valence-electron chi connectivity index (χ0n) is 9.79. The molecule has 0 aliphatic carbocycles. The summed E-state index contributed by atoms with van der Waals surface area (Å²) in [6.45, 7) is 0. The second-order valence-corrected chi connectivity index (χ2v) is 3.68. The van der Waals surface area contributed by atoms with E-state index in [0.717, 1.165) is 30.3 Å². The van der Waals surface area contributed by atoms with Crippen molar-refractivity contribution in [3.05, 3.63) is 62.3 Å². The summed E-state index contributed by atoms with van der Waals surface area (Å²) in [4.78, 5) is 32.6. The molecule has 0 unspecified atom stereocenters. The fourth-order valence-electron chi connectivity index (χ4n) is 1.42. The van der Waals surface area contributed by atoms with E-state index in [1.807, 2.05) is 5.10 Å². The Morgan fingerprint density at radius 1 is 1.35 bits per heavy atom. The zero-order chi connectivity index (χ0) is 14.7. The Balaban J connectivity index is 2.32. The van der Waals surface area contributed by atoms with Crippen LogP contribution in [0.4, 0.5) is 15.8 Å². The van der Waals surface area contributed by atoms with E-state index in [4.69, 9.17) is 0 Å². The number of carbonyl (C=O) groups excluding carboxylic acids is 1. The summed E-state index contributed by atoms with van der Waals surface area (Å²) in [5.41, 5.74) is -1.42. The highest BCUT2D eigenvalue weighted by molar-refractivity contribution is 6.03. The molecule has 0 fully saturated rings. The molecule has 0 saturated heterocycles. The van der Waals surface area contributed by atoms with Crippen LogP contribution >= 0.6 is 0 Å². The minimum atomic E-state index is -0.810. The molecule has 0 bridgehead atoms. The van der Waals surface area contributed by atoms with E-state index >= 15 is 0 Å². The number of anilines is 1. The van der Waals surface area contributed by atoms with Crippen molar-refractivity contribution in [1.82, 2.24) is 10.2 Å². The van der Waals surface area contributed by atoms with Gasteiger partial charge in [0, 0.05) is 18.2 Å². The Kier molecular flexibility index (Phi) is 3.51. The number of hydrogen-bond donors (Lipinski definition) is 2. The quantitative estimate of drug-likeness (QED) is 0.643. The first-order valence-electron chi connectivity index (χ1n) is 5.28. The summed E-state index contributed by atoms with van der Waals surface area (Å²) in [5.74, 6) is -1.55. The van der Waals surface area contributed by atoms with E-state index in [1.54, 1.807) is 0 Å². The van der Waals surface area contributed by atoms with Gasteiger partial charge in [-0.05, 0) is 12.1 Å². The standard InChI is InChI=1S/C11H7FN4O4/c12-6-1-3-9(16(19)20)8(5-6)13-11(18)7-2-4-10(17)15-14-7/h1-5H,(H,13,18)(H,15,17).